The van der Waals surface area contributed by atoms with E-state index in [1.54, 1.807) is 0 Å². The summed E-state index contributed by atoms with van der Waals surface area (Å²) >= 11 is 12.8. The van der Waals surface area contributed by atoms with E-state index in [1.165, 1.54) is 18.2 Å². The Morgan fingerprint density at radius 2 is 1.78 bits per heavy atom. The number of pyridine rings is 1. The van der Waals surface area contributed by atoms with E-state index in [2.05, 4.69) is 20.6 Å². The highest BCUT2D eigenvalue weighted by Gasteiger charge is 2.33. The van der Waals surface area contributed by atoms with Crippen molar-refractivity contribution < 1.29 is 27.9 Å². The van der Waals surface area contributed by atoms with Crippen molar-refractivity contribution in [3.05, 3.63) is 68.0 Å². The molecule has 0 bridgehead atoms. The predicted octanol–water partition coefficient (Wildman–Crippen LogP) is 6.80. The largest absolute Gasteiger partial charge is 0.504 e. The maximum Gasteiger partial charge on any atom is 0.416 e. The summed E-state index contributed by atoms with van der Waals surface area (Å²) in [7, 11) is 0. The van der Waals surface area contributed by atoms with Crippen LogP contribution in [0.15, 0.2) is 30.3 Å². The van der Waals surface area contributed by atoms with Crippen molar-refractivity contribution in [1.82, 2.24) is 15.3 Å². The van der Waals surface area contributed by atoms with Crippen LogP contribution in [0.5, 0.6) is 5.75 Å². The molecule has 1 aliphatic carbocycles. The number of nitrogens with zero attached hydrogens (tertiary/aromatic N) is 2. The number of carbonyl (C=O) groups is 2. The van der Waals surface area contributed by atoms with Crippen LogP contribution in [0.1, 0.15) is 75.1 Å². The van der Waals surface area contributed by atoms with Gasteiger partial charge in [0.1, 0.15) is 10.7 Å². The van der Waals surface area contributed by atoms with Gasteiger partial charge in [-0.3, -0.25) is 9.59 Å². The van der Waals surface area contributed by atoms with Crippen molar-refractivity contribution >= 4 is 51.4 Å². The van der Waals surface area contributed by atoms with Gasteiger partial charge in [0.15, 0.2) is 16.6 Å². The quantitative estimate of drug-likeness (QED) is 0.282. The molecule has 13 heteroatoms. The Labute approximate surface area is 224 Å². The minimum atomic E-state index is -4.57. The van der Waals surface area contributed by atoms with Gasteiger partial charge in [-0.1, -0.05) is 60.7 Å². The monoisotopic (exact) mass is 572 g/mol. The maximum atomic E-state index is 13.3. The minimum Gasteiger partial charge on any atom is -0.504 e. The summed E-state index contributed by atoms with van der Waals surface area (Å²) in [5.74, 6) is -1.85. The maximum absolute atomic E-state index is 13.3. The van der Waals surface area contributed by atoms with Gasteiger partial charge in [-0.05, 0) is 30.5 Å². The third kappa shape index (κ3) is 6.34. The molecule has 2 amide bonds. The molecule has 196 valence electrons. The van der Waals surface area contributed by atoms with Gasteiger partial charge >= 0.3 is 6.18 Å². The van der Waals surface area contributed by atoms with Gasteiger partial charge in [0.25, 0.3) is 11.8 Å². The van der Waals surface area contributed by atoms with E-state index >= 15 is 0 Å². The number of amides is 2. The lowest BCUT2D eigenvalue weighted by molar-refractivity contribution is -0.138. The molecule has 7 nitrogen and oxygen atoms in total. The second kappa shape index (κ2) is 11.2. The smallest absolute Gasteiger partial charge is 0.416 e. The number of halogens is 5. The number of benzene rings is 1. The number of hydrogen-bond acceptors (Lipinski definition) is 6. The van der Waals surface area contributed by atoms with Crippen molar-refractivity contribution in [2.75, 3.05) is 5.32 Å². The molecule has 1 aliphatic rings. The normalized spacial score (nSPS) is 14.4. The van der Waals surface area contributed by atoms with Crippen LogP contribution >= 0.6 is 34.5 Å². The van der Waals surface area contributed by atoms with Gasteiger partial charge in [0, 0.05) is 12.5 Å². The summed E-state index contributed by atoms with van der Waals surface area (Å²) in [5, 5.41) is 15.0. The molecule has 0 radical (unpaired) electrons. The van der Waals surface area contributed by atoms with Crippen LogP contribution < -0.4 is 10.6 Å². The van der Waals surface area contributed by atoms with Crippen molar-refractivity contribution in [3.8, 4) is 5.75 Å². The Hall–Kier alpha value is -2.89. The van der Waals surface area contributed by atoms with Crippen LogP contribution in [0.4, 0.5) is 18.2 Å². The van der Waals surface area contributed by atoms with E-state index in [-0.39, 0.29) is 44.6 Å². The molecule has 0 atom stereocenters. The molecule has 4 rings (SSSR count). The lowest BCUT2D eigenvalue weighted by Crippen LogP contribution is -2.26. The zero-order valence-corrected chi connectivity index (χ0v) is 21.5. The summed E-state index contributed by atoms with van der Waals surface area (Å²) in [6.07, 6.45) is 0.309. The first-order valence-electron chi connectivity index (χ1n) is 11.3. The molecule has 2 aromatic heterocycles. The van der Waals surface area contributed by atoms with Crippen molar-refractivity contribution in [3.63, 3.8) is 0 Å². The highest BCUT2D eigenvalue weighted by atomic mass is 35.5. The first kappa shape index (κ1) is 27.2. The summed E-state index contributed by atoms with van der Waals surface area (Å²) in [6.45, 7) is -0.386. The van der Waals surface area contributed by atoms with Gasteiger partial charge < -0.3 is 15.7 Å². The molecule has 0 unspecified atom stereocenters. The standard InChI is InChI=1S/C24H21Cl2F3N4O3S/c25-15-10-16(31-19(26)18(15)34)20(35)33-23-17(32-22(37-23)12-6-2-1-3-7-12)21(36)30-11-13-8-4-5-9-14(13)24(27,28)29/h4-5,8-10,12,34H,1-3,6-7,11H2,(H,30,36)(H,33,35). The molecule has 3 aromatic rings. The lowest BCUT2D eigenvalue weighted by Gasteiger charge is -2.18. The number of rotatable bonds is 6. The third-order valence-electron chi connectivity index (χ3n) is 5.94. The highest BCUT2D eigenvalue weighted by molar-refractivity contribution is 7.16. The molecular weight excluding hydrogens is 552 g/mol. The first-order chi connectivity index (χ1) is 17.5. The predicted molar refractivity (Wildman–Crippen MR) is 134 cm³/mol. The Kier molecular flexibility index (Phi) is 8.25. The number of aromatic hydroxyl groups is 1. The summed E-state index contributed by atoms with van der Waals surface area (Å²) in [6, 6.07) is 6.07. The fourth-order valence-electron chi connectivity index (χ4n) is 4.07. The van der Waals surface area contributed by atoms with Gasteiger partial charge in [-0.2, -0.15) is 13.2 Å². The SMILES string of the molecule is O=C(Nc1sc(C2CCCCC2)nc1C(=O)NCc1ccccc1C(F)(F)F)c1cc(Cl)c(O)c(Cl)n1. The molecule has 1 aromatic carbocycles. The van der Waals surface area contributed by atoms with E-state index < -0.39 is 29.3 Å². The van der Waals surface area contributed by atoms with Crippen LogP contribution in [0.3, 0.4) is 0 Å². The Balaban J connectivity index is 1.60. The zero-order chi connectivity index (χ0) is 26.7. The third-order valence-corrected chi connectivity index (χ3v) is 7.62. The fraction of sp³-hybridized carbons (Fsp3) is 0.333. The topological polar surface area (TPSA) is 104 Å². The molecule has 0 aliphatic heterocycles. The van der Waals surface area contributed by atoms with Crippen LogP contribution in [-0.2, 0) is 12.7 Å². The molecular formula is C24H21Cl2F3N4O3S. The number of aromatic nitrogens is 2. The molecule has 3 N–H and O–H groups in total. The van der Waals surface area contributed by atoms with Crippen LogP contribution in [-0.4, -0.2) is 26.9 Å². The van der Waals surface area contributed by atoms with Crippen molar-refractivity contribution in [2.24, 2.45) is 0 Å². The number of anilines is 1. The van der Waals surface area contributed by atoms with Gasteiger partial charge in [0.2, 0.25) is 0 Å². The summed E-state index contributed by atoms with van der Waals surface area (Å²) in [4.78, 5) is 34.2. The number of nitrogens with one attached hydrogen (secondary N) is 2. The Morgan fingerprint density at radius 3 is 2.46 bits per heavy atom. The van der Waals surface area contributed by atoms with Crippen LogP contribution in [0, 0.1) is 0 Å². The van der Waals surface area contributed by atoms with Gasteiger partial charge in [-0.15, -0.1) is 11.3 Å². The van der Waals surface area contributed by atoms with E-state index in [1.807, 2.05) is 0 Å². The van der Waals surface area contributed by atoms with E-state index in [4.69, 9.17) is 23.2 Å². The van der Waals surface area contributed by atoms with Crippen molar-refractivity contribution in [2.45, 2.75) is 50.7 Å². The second-order valence-electron chi connectivity index (χ2n) is 8.49. The number of thiazole rings is 1. The molecule has 37 heavy (non-hydrogen) atoms. The van der Waals surface area contributed by atoms with Crippen molar-refractivity contribution in [1.29, 1.82) is 0 Å². The first-order valence-corrected chi connectivity index (χ1v) is 12.9. The lowest BCUT2D eigenvalue weighted by atomic mass is 9.90. The van der Waals surface area contributed by atoms with Crippen LogP contribution in [0.2, 0.25) is 10.2 Å². The number of hydrogen-bond donors (Lipinski definition) is 3. The second-order valence-corrected chi connectivity index (χ2v) is 10.3. The molecule has 2 heterocycles. The average molecular weight is 573 g/mol. The summed E-state index contributed by atoms with van der Waals surface area (Å²) in [5.41, 5.74) is -1.27. The van der Waals surface area contributed by atoms with E-state index in [0.29, 0.717) is 5.01 Å². The van der Waals surface area contributed by atoms with Crippen LogP contribution in [0.25, 0.3) is 0 Å². The Morgan fingerprint density at radius 1 is 1.08 bits per heavy atom. The van der Waals surface area contributed by atoms with Gasteiger partial charge in [-0.25, -0.2) is 9.97 Å². The minimum absolute atomic E-state index is 0.103. The Bertz CT molecular complexity index is 1300. The highest BCUT2D eigenvalue weighted by Crippen LogP contribution is 2.38. The van der Waals surface area contributed by atoms with E-state index in [0.717, 1.165) is 55.6 Å². The average Bonchev–Trinajstić information content (AvgIpc) is 3.29. The molecule has 0 saturated heterocycles. The zero-order valence-electron chi connectivity index (χ0n) is 19.2. The van der Waals surface area contributed by atoms with Gasteiger partial charge in [0.05, 0.1) is 15.6 Å². The molecule has 1 fully saturated rings. The number of carbonyl (C=O) groups excluding carboxylic acids is 2. The van der Waals surface area contributed by atoms with E-state index in [9.17, 15) is 27.9 Å². The summed E-state index contributed by atoms with van der Waals surface area (Å²) < 4.78 is 40.0. The molecule has 0 spiro atoms. The number of alkyl halides is 3. The fourth-order valence-corrected chi connectivity index (χ4v) is 5.63. The molecule has 1 saturated carbocycles.